The molecule has 0 aromatic rings. The number of hydrogen-bond acceptors (Lipinski definition) is 5. The number of esters is 1. The molecule has 1 N–H and O–H groups in total. The van der Waals surface area contributed by atoms with E-state index >= 15 is 0 Å². The minimum Gasteiger partial charge on any atom is -0.450 e. The molecule has 74 valence electrons. The van der Waals surface area contributed by atoms with Gasteiger partial charge >= 0.3 is 5.97 Å². The first kappa shape index (κ1) is 9.85. The molecule has 0 spiro atoms. The van der Waals surface area contributed by atoms with Crippen LogP contribution in [0.5, 0.6) is 0 Å². The van der Waals surface area contributed by atoms with E-state index in [4.69, 9.17) is 5.11 Å². The molecular formula is C6H8FNO5. The van der Waals surface area contributed by atoms with Gasteiger partial charge in [-0.15, -0.1) is 0 Å². The summed E-state index contributed by atoms with van der Waals surface area (Å²) < 4.78 is 17.4. The Kier molecular flexibility index (Phi) is 2.21. The Bertz CT molecular complexity index is 253. The molecule has 1 heterocycles. The van der Waals surface area contributed by atoms with Crippen LogP contribution in [0.1, 0.15) is 6.92 Å². The van der Waals surface area contributed by atoms with Crippen LogP contribution in [0.2, 0.25) is 0 Å². The van der Waals surface area contributed by atoms with Crippen LogP contribution in [0.25, 0.3) is 0 Å². The van der Waals surface area contributed by atoms with Crippen LogP contribution in [0.4, 0.5) is 4.39 Å². The first-order chi connectivity index (χ1) is 5.85. The number of nitro groups is 1. The highest BCUT2D eigenvalue weighted by atomic mass is 19.1. The summed E-state index contributed by atoms with van der Waals surface area (Å²) >= 11 is 0. The maximum absolute atomic E-state index is 13.2. The highest BCUT2D eigenvalue weighted by Gasteiger charge is 2.56. The summed E-state index contributed by atoms with van der Waals surface area (Å²) in [5, 5.41) is 19.1. The van der Waals surface area contributed by atoms with Crippen molar-refractivity contribution in [2.24, 2.45) is 0 Å². The maximum Gasteiger partial charge on any atom is 0.347 e. The Morgan fingerprint density at radius 2 is 2.38 bits per heavy atom. The van der Waals surface area contributed by atoms with Crippen molar-refractivity contribution in [2.75, 3.05) is 6.54 Å². The van der Waals surface area contributed by atoms with Crippen molar-refractivity contribution in [3.63, 3.8) is 0 Å². The van der Waals surface area contributed by atoms with E-state index in [1.165, 1.54) is 0 Å². The summed E-state index contributed by atoms with van der Waals surface area (Å²) in [6, 6.07) is 0. The smallest absolute Gasteiger partial charge is 0.347 e. The third-order valence-electron chi connectivity index (χ3n) is 1.89. The zero-order valence-corrected chi connectivity index (χ0v) is 6.77. The predicted octanol–water partition coefficient (Wildman–Crippen LogP) is -0.722. The van der Waals surface area contributed by atoms with Gasteiger partial charge < -0.3 is 9.84 Å². The van der Waals surface area contributed by atoms with E-state index in [-0.39, 0.29) is 0 Å². The molecule has 0 aromatic carbocycles. The number of nitrogens with zero attached hydrogens (tertiary/aromatic N) is 1. The molecule has 0 saturated carbocycles. The standard InChI is InChI=1S/C6H8FNO5/c1-6(7)4(9)3(2-8(11)12)13-5(6)10/h3-4,9H,2H2,1H3/t3-,4+,6+/m0/s1. The first-order valence-electron chi connectivity index (χ1n) is 3.55. The maximum atomic E-state index is 13.2. The van der Waals surface area contributed by atoms with Crippen LogP contribution in [0.15, 0.2) is 0 Å². The fraction of sp³-hybridized carbons (Fsp3) is 0.833. The number of hydrogen-bond donors (Lipinski definition) is 1. The lowest BCUT2D eigenvalue weighted by Gasteiger charge is -2.13. The van der Waals surface area contributed by atoms with Crippen LogP contribution >= 0.6 is 0 Å². The number of halogens is 1. The topological polar surface area (TPSA) is 89.7 Å². The van der Waals surface area contributed by atoms with Gasteiger partial charge in [0.05, 0.1) is 0 Å². The summed E-state index contributed by atoms with van der Waals surface area (Å²) in [6.07, 6.45) is -3.16. The molecule has 0 bridgehead atoms. The zero-order chi connectivity index (χ0) is 10.2. The molecule has 1 saturated heterocycles. The molecule has 1 rings (SSSR count). The second kappa shape index (κ2) is 2.91. The summed E-state index contributed by atoms with van der Waals surface area (Å²) in [6.45, 7) is 0.0480. The third kappa shape index (κ3) is 1.59. The third-order valence-corrected chi connectivity index (χ3v) is 1.89. The minimum absolute atomic E-state index is 0.775. The van der Waals surface area contributed by atoms with E-state index in [0.29, 0.717) is 0 Å². The average Bonchev–Trinajstić information content (AvgIpc) is 2.15. The minimum atomic E-state index is -2.54. The predicted molar refractivity (Wildman–Crippen MR) is 37.3 cm³/mol. The van der Waals surface area contributed by atoms with Crippen molar-refractivity contribution in [3.8, 4) is 0 Å². The molecule has 1 fully saturated rings. The number of ether oxygens (including phenoxy) is 1. The highest BCUT2D eigenvalue weighted by molar-refractivity contribution is 5.82. The number of rotatable bonds is 2. The fourth-order valence-corrected chi connectivity index (χ4v) is 1.07. The number of carbonyl (C=O) groups excluding carboxylic acids is 1. The molecule has 0 aromatic heterocycles. The summed E-state index contributed by atoms with van der Waals surface area (Å²) in [5.74, 6) is -1.26. The van der Waals surface area contributed by atoms with Gasteiger partial charge in [-0.2, -0.15) is 0 Å². The molecule has 3 atom stereocenters. The van der Waals surface area contributed by atoms with Gasteiger partial charge in [-0.3, -0.25) is 10.1 Å². The van der Waals surface area contributed by atoms with Crippen molar-refractivity contribution < 1.29 is 24.0 Å². The molecule has 0 amide bonds. The van der Waals surface area contributed by atoms with E-state index in [1.54, 1.807) is 0 Å². The van der Waals surface area contributed by atoms with Crippen LogP contribution in [0.3, 0.4) is 0 Å². The molecule has 0 aliphatic carbocycles. The SMILES string of the molecule is C[C@]1(F)C(=O)O[C@@H](C[N+](=O)[O-])[C@H]1O. The Balaban J connectivity index is 2.73. The van der Waals surface area contributed by atoms with E-state index in [0.717, 1.165) is 6.92 Å². The van der Waals surface area contributed by atoms with Crippen LogP contribution in [-0.2, 0) is 9.53 Å². The van der Waals surface area contributed by atoms with E-state index < -0.39 is 35.3 Å². The van der Waals surface area contributed by atoms with Crippen LogP contribution < -0.4 is 0 Å². The Hall–Kier alpha value is -1.24. The van der Waals surface area contributed by atoms with Gasteiger partial charge in [-0.25, -0.2) is 9.18 Å². The molecule has 7 heteroatoms. The molecule has 6 nitrogen and oxygen atoms in total. The first-order valence-corrected chi connectivity index (χ1v) is 3.55. The molecule has 1 aliphatic heterocycles. The lowest BCUT2D eigenvalue weighted by Crippen LogP contribution is -2.41. The highest BCUT2D eigenvalue weighted by Crippen LogP contribution is 2.29. The largest absolute Gasteiger partial charge is 0.450 e. The molecular weight excluding hydrogens is 185 g/mol. The van der Waals surface area contributed by atoms with Gasteiger partial charge in [0.25, 0.3) is 0 Å². The summed E-state index contributed by atoms with van der Waals surface area (Å²) in [4.78, 5) is 19.9. The number of carbonyl (C=O) groups is 1. The van der Waals surface area contributed by atoms with Crippen LogP contribution in [-0.4, -0.2) is 40.4 Å². The van der Waals surface area contributed by atoms with Gasteiger partial charge in [-0.05, 0) is 6.92 Å². The average molecular weight is 193 g/mol. The summed E-state index contributed by atoms with van der Waals surface area (Å²) in [5.41, 5.74) is -2.54. The number of cyclic esters (lactones) is 1. The van der Waals surface area contributed by atoms with Crippen molar-refractivity contribution >= 4 is 5.97 Å². The van der Waals surface area contributed by atoms with Crippen molar-refractivity contribution in [1.29, 1.82) is 0 Å². The zero-order valence-electron chi connectivity index (χ0n) is 6.77. The lowest BCUT2D eigenvalue weighted by molar-refractivity contribution is -0.491. The summed E-state index contributed by atoms with van der Waals surface area (Å²) in [7, 11) is 0. The van der Waals surface area contributed by atoms with Crippen molar-refractivity contribution in [3.05, 3.63) is 10.1 Å². The van der Waals surface area contributed by atoms with Crippen LogP contribution in [0, 0.1) is 10.1 Å². The quantitative estimate of drug-likeness (QED) is 0.355. The van der Waals surface area contributed by atoms with Crippen molar-refractivity contribution in [2.45, 2.75) is 24.8 Å². The van der Waals surface area contributed by atoms with E-state index in [2.05, 4.69) is 4.74 Å². The number of aliphatic hydroxyl groups is 1. The Morgan fingerprint density at radius 3 is 2.69 bits per heavy atom. The second-order valence-electron chi connectivity index (χ2n) is 2.98. The van der Waals surface area contributed by atoms with Gasteiger partial charge in [-0.1, -0.05) is 0 Å². The molecule has 0 unspecified atom stereocenters. The molecule has 13 heavy (non-hydrogen) atoms. The van der Waals surface area contributed by atoms with Gasteiger partial charge in [0.15, 0.2) is 6.10 Å². The molecule has 0 radical (unpaired) electrons. The number of aliphatic hydroxyl groups excluding tert-OH is 1. The fourth-order valence-electron chi connectivity index (χ4n) is 1.07. The monoisotopic (exact) mass is 193 g/mol. The van der Waals surface area contributed by atoms with Gasteiger partial charge in [0, 0.05) is 4.92 Å². The second-order valence-corrected chi connectivity index (χ2v) is 2.98. The van der Waals surface area contributed by atoms with Gasteiger partial charge in [0.1, 0.15) is 6.10 Å². The number of alkyl halides is 1. The van der Waals surface area contributed by atoms with Gasteiger partial charge in [0.2, 0.25) is 12.2 Å². The van der Waals surface area contributed by atoms with E-state index in [9.17, 15) is 19.3 Å². The van der Waals surface area contributed by atoms with E-state index in [1.807, 2.05) is 0 Å². The Morgan fingerprint density at radius 1 is 1.85 bits per heavy atom. The normalized spacial score (nSPS) is 38.8. The Labute approximate surface area is 72.4 Å². The lowest BCUT2D eigenvalue weighted by atomic mass is 10.0. The molecule has 1 aliphatic rings. The van der Waals surface area contributed by atoms with Crippen molar-refractivity contribution in [1.82, 2.24) is 0 Å².